The quantitative estimate of drug-likeness (QED) is 0.376. The molecule has 29 heavy (non-hydrogen) atoms. The number of ketones is 1. The fourth-order valence-corrected chi connectivity index (χ4v) is 3.42. The van der Waals surface area contributed by atoms with Gasteiger partial charge in [0.05, 0.1) is 30.9 Å². The first-order valence-electron chi connectivity index (χ1n) is 9.37. The van der Waals surface area contributed by atoms with E-state index in [-0.39, 0.29) is 30.1 Å². The molecule has 0 spiro atoms. The van der Waals surface area contributed by atoms with Gasteiger partial charge in [0, 0.05) is 12.0 Å². The van der Waals surface area contributed by atoms with Gasteiger partial charge in [-0.25, -0.2) is 4.39 Å². The van der Waals surface area contributed by atoms with Crippen molar-refractivity contribution in [2.45, 2.75) is 32.6 Å². The minimum atomic E-state index is -0.812. The number of carbonyl (C=O) groups is 2. The first kappa shape index (κ1) is 20.9. The maximum absolute atomic E-state index is 14.2. The molecule has 0 aliphatic heterocycles. The fourth-order valence-electron chi connectivity index (χ4n) is 2.90. The lowest BCUT2D eigenvalue weighted by Crippen LogP contribution is -2.19. The molecule has 1 aromatic heterocycles. The van der Waals surface area contributed by atoms with Crippen LogP contribution in [0.2, 0.25) is 0 Å². The molecule has 0 N–H and O–H groups in total. The summed E-state index contributed by atoms with van der Waals surface area (Å²) in [6, 6.07) is 9.31. The maximum Gasteiger partial charge on any atom is 0.313 e. The highest BCUT2D eigenvalue weighted by Crippen LogP contribution is 2.27. The molecular weight excluding hydrogens is 395 g/mol. The highest BCUT2D eigenvalue weighted by molar-refractivity contribution is 7.00. The molecule has 1 unspecified atom stereocenters. The molecule has 0 radical (unpaired) electrons. The summed E-state index contributed by atoms with van der Waals surface area (Å²) in [6.07, 6.45) is 0.608. The molecule has 3 aromatic rings. The molecule has 1 atom stereocenters. The zero-order valence-corrected chi connectivity index (χ0v) is 17.0. The minimum absolute atomic E-state index is 0.104. The van der Waals surface area contributed by atoms with Gasteiger partial charge in [-0.2, -0.15) is 8.75 Å². The number of benzene rings is 2. The minimum Gasteiger partial charge on any atom is -0.491 e. The number of Topliss-reactive ketones (excluding diaryl/α,β-unsaturated/α-hetero) is 1. The van der Waals surface area contributed by atoms with Crippen molar-refractivity contribution >= 4 is 34.5 Å². The number of hydrogen-bond acceptors (Lipinski definition) is 7. The lowest BCUT2D eigenvalue weighted by molar-refractivity contribution is -0.144. The van der Waals surface area contributed by atoms with Crippen LogP contribution in [0.4, 0.5) is 4.39 Å². The van der Waals surface area contributed by atoms with Gasteiger partial charge in [0.25, 0.3) is 0 Å². The Bertz CT molecular complexity index is 1020. The Morgan fingerprint density at radius 1 is 1.10 bits per heavy atom. The maximum atomic E-state index is 14.2. The number of nitrogens with zero attached hydrogens (tertiary/aromatic N) is 2. The van der Waals surface area contributed by atoms with Gasteiger partial charge in [-0.3, -0.25) is 9.59 Å². The second-order valence-corrected chi connectivity index (χ2v) is 6.97. The molecular formula is C21H21FN2O4S. The molecule has 0 saturated carbocycles. The van der Waals surface area contributed by atoms with Crippen LogP contribution < -0.4 is 4.74 Å². The van der Waals surface area contributed by atoms with E-state index in [2.05, 4.69) is 8.75 Å². The fraction of sp³-hybridized carbons (Fsp3) is 0.333. The number of fused-ring (bicyclic) bond motifs is 1. The molecule has 0 amide bonds. The largest absolute Gasteiger partial charge is 0.491 e. The predicted molar refractivity (Wildman–Crippen MR) is 108 cm³/mol. The number of esters is 1. The molecule has 0 bridgehead atoms. The molecule has 6 nitrogen and oxygen atoms in total. The molecule has 0 fully saturated rings. The second-order valence-electron chi connectivity index (χ2n) is 6.44. The van der Waals surface area contributed by atoms with Gasteiger partial charge in [0.15, 0.2) is 17.3 Å². The Hall–Kier alpha value is -2.87. The summed E-state index contributed by atoms with van der Waals surface area (Å²) in [5.74, 6) is -2.18. The van der Waals surface area contributed by atoms with Gasteiger partial charge in [0.1, 0.15) is 11.0 Å². The summed E-state index contributed by atoms with van der Waals surface area (Å²) in [7, 11) is 0. The van der Waals surface area contributed by atoms with Gasteiger partial charge < -0.3 is 9.47 Å². The third-order valence-corrected chi connectivity index (χ3v) is 4.91. The molecule has 8 heteroatoms. The van der Waals surface area contributed by atoms with Crippen LogP contribution in [-0.4, -0.2) is 33.7 Å². The lowest BCUT2D eigenvalue weighted by Gasteiger charge is -2.16. The molecule has 1 heterocycles. The van der Waals surface area contributed by atoms with E-state index in [1.807, 2.05) is 6.92 Å². The Morgan fingerprint density at radius 2 is 1.90 bits per heavy atom. The summed E-state index contributed by atoms with van der Waals surface area (Å²) < 4.78 is 33.0. The van der Waals surface area contributed by atoms with Crippen molar-refractivity contribution in [2.24, 2.45) is 0 Å². The van der Waals surface area contributed by atoms with Crippen molar-refractivity contribution in [3.63, 3.8) is 0 Å². The summed E-state index contributed by atoms with van der Waals surface area (Å²) in [6.45, 7) is 4.21. The van der Waals surface area contributed by atoms with Crippen LogP contribution in [0.5, 0.6) is 5.75 Å². The smallest absolute Gasteiger partial charge is 0.313 e. The Morgan fingerprint density at radius 3 is 2.62 bits per heavy atom. The summed E-state index contributed by atoms with van der Waals surface area (Å²) in [5, 5.41) is 0. The summed E-state index contributed by atoms with van der Waals surface area (Å²) in [4.78, 5) is 25.3. The summed E-state index contributed by atoms with van der Waals surface area (Å²) >= 11 is 1.07. The van der Waals surface area contributed by atoms with E-state index < -0.39 is 17.7 Å². The molecule has 3 rings (SSSR count). The molecule has 0 aliphatic rings. The first-order valence-corrected chi connectivity index (χ1v) is 10.1. The number of carbonyl (C=O) groups excluding carboxylic acids is 2. The van der Waals surface area contributed by atoms with Gasteiger partial charge in [-0.05, 0) is 49.2 Å². The van der Waals surface area contributed by atoms with Crippen LogP contribution in [-0.2, 0) is 9.53 Å². The van der Waals surface area contributed by atoms with Gasteiger partial charge in [-0.15, -0.1) is 0 Å². The monoisotopic (exact) mass is 416 g/mol. The van der Waals surface area contributed by atoms with Crippen LogP contribution in [0.15, 0.2) is 36.4 Å². The predicted octanol–water partition coefficient (Wildman–Crippen LogP) is 4.54. The van der Waals surface area contributed by atoms with Gasteiger partial charge in [-0.1, -0.05) is 13.0 Å². The van der Waals surface area contributed by atoms with Crippen LogP contribution in [0.1, 0.15) is 48.5 Å². The van der Waals surface area contributed by atoms with Crippen molar-refractivity contribution < 1.29 is 23.5 Å². The first-order chi connectivity index (χ1) is 14.0. The van der Waals surface area contributed by atoms with Crippen molar-refractivity contribution in [1.29, 1.82) is 0 Å². The highest BCUT2D eigenvalue weighted by Gasteiger charge is 2.26. The van der Waals surface area contributed by atoms with Gasteiger partial charge in [0.2, 0.25) is 0 Å². The number of halogens is 1. The Balaban J connectivity index is 1.84. The lowest BCUT2D eigenvalue weighted by atomic mass is 9.91. The van der Waals surface area contributed by atoms with Crippen LogP contribution in [0, 0.1) is 5.82 Å². The topological polar surface area (TPSA) is 78.4 Å². The molecule has 0 aliphatic carbocycles. The number of aromatic nitrogens is 2. The van der Waals surface area contributed by atoms with E-state index in [1.54, 1.807) is 25.1 Å². The normalized spacial score (nSPS) is 12.0. The SMILES string of the molecule is CCCOc1ccc(C(=O)CC(C(=O)OCC)c2ccc3nsnc3c2)cc1F. The summed E-state index contributed by atoms with van der Waals surface area (Å²) in [5.41, 5.74) is 2.16. The van der Waals surface area contributed by atoms with Crippen LogP contribution in [0.25, 0.3) is 11.0 Å². The standard InChI is InChI=1S/C21H21FN2O4S/c1-3-9-28-20-8-6-14(10-16(20)22)19(25)12-15(21(26)27-4-2)13-5-7-17-18(11-13)24-29-23-17/h5-8,10-11,15H,3-4,9,12H2,1-2H3. The van der Waals surface area contributed by atoms with Gasteiger partial charge >= 0.3 is 5.97 Å². The zero-order chi connectivity index (χ0) is 20.8. The Labute approximate surface area is 172 Å². The van der Waals surface area contributed by atoms with E-state index >= 15 is 0 Å². The average Bonchev–Trinajstić information content (AvgIpc) is 3.18. The molecule has 2 aromatic carbocycles. The third-order valence-electron chi connectivity index (χ3n) is 4.36. The second kappa shape index (κ2) is 9.56. The number of rotatable bonds is 9. The van der Waals surface area contributed by atoms with Crippen LogP contribution in [0.3, 0.4) is 0 Å². The molecule has 152 valence electrons. The van der Waals surface area contributed by atoms with E-state index in [1.165, 1.54) is 12.1 Å². The average molecular weight is 416 g/mol. The number of ether oxygens (including phenoxy) is 2. The van der Waals surface area contributed by atoms with E-state index in [4.69, 9.17) is 9.47 Å². The molecule has 0 saturated heterocycles. The highest BCUT2D eigenvalue weighted by atomic mass is 32.1. The van der Waals surface area contributed by atoms with Crippen LogP contribution >= 0.6 is 11.7 Å². The van der Waals surface area contributed by atoms with Crippen molar-refractivity contribution in [2.75, 3.05) is 13.2 Å². The van der Waals surface area contributed by atoms with Crippen molar-refractivity contribution in [3.05, 3.63) is 53.3 Å². The van der Waals surface area contributed by atoms with Crippen molar-refractivity contribution in [3.8, 4) is 5.75 Å². The van der Waals surface area contributed by atoms with E-state index in [9.17, 15) is 14.0 Å². The Kier molecular flexibility index (Phi) is 6.87. The van der Waals surface area contributed by atoms with Crippen molar-refractivity contribution in [1.82, 2.24) is 8.75 Å². The zero-order valence-electron chi connectivity index (χ0n) is 16.2. The van der Waals surface area contributed by atoms with E-state index in [0.717, 1.165) is 29.7 Å². The van der Waals surface area contributed by atoms with E-state index in [0.29, 0.717) is 17.7 Å². The third kappa shape index (κ3) is 4.95. The number of hydrogen-bond donors (Lipinski definition) is 0.